The number of carbonyl (C=O) groups is 4. The highest BCUT2D eigenvalue weighted by molar-refractivity contribution is 6.39. The van der Waals surface area contributed by atoms with Crippen molar-refractivity contribution in [2.75, 3.05) is 12.4 Å². The fourth-order valence-electron chi connectivity index (χ4n) is 2.71. The Balaban J connectivity index is 1.61. The Morgan fingerprint density at radius 1 is 0.882 bits per heavy atom. The van der Waals surface area contributed by atoms with Crippen LogP contribution in [0.4, 0.5) is 5.69 Å². The van der Waals surface area contributed by atoms with Crippen LogP contribution < -0.4 is 25.9 Å². The maximum atomic E-state index is 12.5. The van der Waals surface area contributed by atoms with Crippen LogP contribution in [0, 0.1) is 0 Å². The molecule has 0 fully saturated rings. The summed E-state index contributed by atoms with van der Waals surface area (Å²) in [6, 6.07) is 18.7. The van der Waals surface area contributed by atoms with E-state index in [0.29, 0.717) is 22.6 Å². The van der Waals surface area contributed by atoms with Crippen LogP contribution in [-0.4, -0.2) is 37.0 Å². The van der Waals surface area contributed by atoms with Gasteiger partial charge in [-0.1, -0.05) is 18.2 Å². The van der Waals surface area contributed by atoms with Crippen LogP contribution in [0.15, 0.2) is 77.9 Å². The van der Waals surface area contributed by atoms with Crippen molar-refractivity contribution in [3.05, 3.63) is 89.5 Å². The van der Waals surface area contributed by atoms with Crippen molar-refractivity contribution >= 4 is 35.6 Å². The summed E-state index contributed by atoms with van der Waals surface area (Å²) in [5.41, 5.74) is 8.49. The molecule has 3 aromatic carbocycles. The Hall–Kier alpha value is -4.99. The number of hydrazone groups is 1. The van der Waals surface area contributed by atoms with Crippen LogP contribution in [0.1, 0.15) is 26.3 Å². The van der Waals surface area contributed by atoms with E-state index in [1.807, 2.05) is 0 Å². The largest absolute Gasteiger partial charge is 0.497 e. The third-order valence-electron chi connectivity index (χ3n) is 4.43. The van der Waals surface area contributed by atoms with Gasteiger partial charge in [0.2, 0.25) is 5.91 Å². The van der Waals surface area contributed by atoms with Gasteiger partial charge < -0.3 is 20.5 Å². The Morgan fingerprint density at radius 2 is 1.62 bits per heavy atom. The molecular formula is C24H20N4O6. The summed E-state index contributed by atoms with van der Waals surface area (Å²) in [5.74, 6) is -2.51. The minimum absolute atomic E-state index is 0.201. The minimum atomic E-state index is -1.03. The van der Waals surface area contributed by atoms with E-state index in [2.05, 4.69) is 15.8 Å². The summed E-state index contributed by atoms with van der Waals surface area (Å²) in [7, 11) is 1.49. The van der Waals surface area contributed by atoms with Crippen LogP contribution in [0.2, 0.25) is 0 Å². The first kappa shape index (κ1) is 23.7. The van der Waals surface area contributed by atoms with Gasteiger partial charge in [-0.2, -0.15) is 5.10 Å². The van der Waals surface area contributed by atoms with Crippen molar-refractivity contribution in [1.29, 1.82) is 0 Å². The second-order valence-electron chi connectivity index (χ2n) is 6.75. The number of anilines is 1. The molecule has 4 N–H and O–H groups in total. The van der Waals surface area contributed by atoms with E-state index in [-0.39, 0.29) is 11.3 Å². The lowest BCUT2D eigenvalue weighted by atomic mass is 10.2. The zero-order chi connectivity index (χ0) is 24.5. The number of ether oxygens (including phenoxy) is 2. The number of carbonyl (C=O) groups excluding carboxylic acids is 4. The number of primary amides is 1. The number of amides is 3. The van der Waals surface area contributed by atoms with Gasteiger partial charge in [0, 0.05) is 16.8 Å². The molecule has 0 bridgehead atoms. The van der Waals surface area contributed by atoms with E-state index in [9.17, 15) is 19.2 Å². The molecule has 0 heterocycles. The fourth-order valence-corrected chi connectivity index (χ4v) is 2.71. The summed E-state index contributed by atoms with van der Waals surface area (Å²) >= 11 is 0. The SMILES string of the molecule is COc1cccc(C(=O)Oc2ccccc2/C=N/NC(=O)C(=O)Nc2ccc(C(N)=O)cc2)c1. The molecular weight excluding hydrogens is 440 g/mol. The van der Waals surface area contributed by atoms with Crippen molar-refractivity contribution in [2.45, 2.75) is 0 Å². The molecule has 10 nitrogen and oxygen atoms in total. The predicted octanol–water partition coefficient (Wildman–Crippen LogP) is 2.10. The Labute approximate surface area is 194 Å². The molecule has 0 saturated heterocycles. The van der Waals surface area contributed by atoms with Crippen molar-refractivity contribution in [2.24, 2.45) is 10.8 Å². The first-order valence-electron chi connectivity index (χ1n) is 9.87. The minimum Gasteiger partial charge on any atom is -0.497 e. The molecule has 0 unspecified atom stereocenters. The normalized spacial score (nSPS) is 10.4. The maximum absolute atomic E-state index is 12.5. The number of benzene rings is 3. The number of rotatable bonds is 7. The third kappa shape index (κ3) is 6.26. The van der Waals surface area contributed by atoms with Crippen LogP contribution in [0.5, 0.6) is 11.5 Å². The van der Waals surface area contributed by atoms with Crippen molar-refractivity contribution in [3.63, 3.8) is 0 Å². The fraction of sp³-hybridized carbons (Fsp3) is 0.0417. The van der Waals surface area contributed by atoms with Gasteiger partial charge >= 0.3 is 17.8 Å². The summed E-state index contributed by atoms with van der Waals surface area (Å²) in [4.78, 5) is 47.6. The van der Waals surface area contributed by atoms with Crippen LogP contribution in [-0.2, 0) is 9.59 Å². The molecule has 0 spiro atoms. The summed E-state index contributed by atoms with van der Waals surface area (Å²) < 4.78 is 10.5. The van der Waals surface area contributed by atoms with E-state index < -0.39 is 23.7 Å². The van der Waals surface area contributed by atoms with Gasteiger partial charge in [0.15, 0.2) is 0 Å². The molecule has 172 valence electrons. The molecule has 0 aliphatic rings. The van der Waals surface area contributed by atoms with Crippen molar-refractivity contribution < 1.29 is 28.7 Å². The van der Waals surface area contributed by atoms with Gasteiger partial charge in [-0.25, -0.2) is 10.2 Å². The standard InChI is InChI=1S/C24H20N4O6/c1-33-19-7-4-6-16(13-19)24(32)34-20-8-3-2-5-17(20)14-26-28-23(31)22(30)27-18-11-9-15(10-12-18)21(25)29/h2-14H,1H3,(H2,25,29)(H,27,30)(H,28,31)/b26-14+. The summed E-state index contributed by atoms with van der Waals surface area (Å²) in [6.45, 7) is 0. The molecule has 0 saturated carbocycles. The lowest BCUT2D eigenvalue weighted by molar-refractivity contribution is -0.136. The molecule has 0 aromatic heterocycles. The predicted molar refractivity (Wildman–Crippen MR) is 124 cm³/mol. The number of para-hydroxylation sites is 1. The zero-order valence-electron chi connectivity index (χ0n) is 18.0. The summed E-state index contributed by atoms with van der Waals surface area (Å²) in [5, 5.41) is 6.12. The number of methoxy groups -OCH3 is 1. The Kier molecular flexibility index (Phi) is 7.69. The molecule has 0 aliphatic carbocycles. The first-order chi connectivity index (χ1) is 16.4. The van der Waals surface area contributed by atoms with E-state index in [0.717, 1.165) is 0 Å². The lowest BCUT2D eigenvalue weighted by Crippen LogP contribution is -2.32. The van der Waals surface area contributed by atoms with Gasteiger partial charge in [0.25, 0.3) is 0 Å². The number of hydrogen-bond acceptors (Lipinski definition) is 7. The van der Waals surface area contributed by atoms with Gasteiger partial charge in [-0.3, -0.25) is 14.4 Å². The number of esters is 1. The van der Waals surface area contributed by atoms with Crippen LogP contribution >= 0.6 is 0 Å². The average Bonchev–Trinajstić information content (AvgIpc) is 2.85. The molecule has 3 amide bonds. The van der Waals surface area contributed by atoms with E-state index in [4.69, 9.17) is 15.2 Å². The molecule has 0 radical (unpaired) electrons. The maximum Gasteiger partial charge on any atom is 0.343 e. The highest BCUT2D eigenvalue weighted by Gasteiger charge is 2.14. The van der Waals surface area contributed by atoms with Gasteiger partial charge in [-0.15, -0.1) is 0 Å². The van der Waals surface area contributed by atoms with E-state index in [1.165, 1.54) is 37.6 Å². The average molecular weight is 460 g/mol. The van der Waals surface area contributed by atoms with E-state index >= 15 is 0 Å². The van der Waals surface area contributed by atoms with Crippen molar-refractivity contribution in [3.8, 4) is 11.5 Å². The lowest BCUT2D eigenvalue weighted by Gasteiger charge is -2.08. The van der Waals surface area contributed by atoms with Gasteiger partial charge in [-0.05, 0) is 54.6 Å². The van der Waals surface area contributed by atoms with Gasteiger partial charge in [0.05, 0.1) is 18.9 Å². The van der Waals surface area contributed by atoms with E-state index in [1.54, 1.807) is 48.5 Å². The second kappa shape index (κ2) is 11.0. The third-order valence-corrected chi connectivity index (χ3v) is 4.43. The molecule has 3 aromatic rings. The highest BCUT2D eigenvalue weighted by Crippen LogP contribution is 2.19. The van der Waals surface area contributed by atoms with Crippen LogP contribution in [0.25, 0.3) is 0 Å². The van der Waals surface area contributed by atoms with Crippen LogP contribution in [0.3, 0.4) is 0 Å². The number of nitrogens with zero attached hydrogens (tertiary/aromatic N) is 1. The monoisotopic (exact) mass is 460 g/mol. The second-order valence-corrected chi connectivity index (χ2v) is 6.75. The summed E-state index contributed by atoms with van der Waals surface area (Å²) in [6.07, 6.45) is 1.24. The highest BCUT2D eigenvalue weighted by atomic mass is 16.5. The smallest absolute Gasteiger partial charge is 0.343 e. The molecule has 0 aliphatic heterocycles. The molecule has 0 atom stereocenters. The zero-order valence-corrected chi connectivity index (χ0v) is 18.0. The molecule has 10 heteroatoms. The quantitative estimate of drug-likeness (QED) is 0.162. The Bertz CT molecular complexity index is 1250. The topological polar surface area (TPSA) is 149 Å². The van der Waals surface area contributed by atoms with Crippen molar-refractivity contribution in [1.82, 2.24) is 5.43 Å². The molecule has 3 rings (SSSR count). The first-order valence-corrected chi connectivity index (χ1v) is 9.87. The number of hydrogen-bond donors (Lipinski definition) is 3. The molecule has 34 heavy (non-hydrogen) atoms. The number of nitrogens with one attached hydrogen (secondary N) is 2. The Morgan fingerprint density at radius 3 is 2.32 bits per heavy atom. The van der Waals surface area contributed by atoms with Gasteiger partial charge in [0.1, 0.15) is 11.5 Å². The number of nitrogens with two attached hydrogens (primary N) is 1.